The molecule has 1 unspecified atom stereocenters. The van der Waals surface area contributed by atoms with E-state index in [-0.39, 0.29) is 18.6 Å². The second-order valence-electron chi connectivity index (χ2n) is 3.43. The number of rotatable bonds is 1. The molecule has 0 spiro atoms. The predicted octanol–water partition coefficient (Wildman–Crippen LogP) is 3.63. The number of hydrogen-bond acceptors (Lipinski definition) is 1. The van der Waals surface area contributed by atoms with Crippen molar-refractivity contribution in [1.29, 1.82) is 0 Å². The zero-order valence-corrected chi connectivity index (χ0v) is 9.23. The molecule has 1 aromatic rings. The molecule has 1 nitrogen and oxygen atoms in total. The minimum Gasteiger partial charge on any atom is -0.361 e. The van der Waals surface area contributed by atoms with Gasteiger partial charge >= 0.3 is 6.18 Å². The molecule has 1 heterocycles. The molecule has 0 bridgehead atoms. The van der Waals surface area contributed by atoms with Gasteiger partial charge in [0.25, 0.3) is 0 Å². The minimum absolute atomic E-state index is 0.00185. The molecule has 5 heteroatoms. The van der Waals surface area contributed by atoms with Gasteiger partial charge in [-0.2, -0.15) is 13.2 Å². The van der Waals surface area contributed by atoms with Crippen LogP contribution in [-0.4, -0.2) is 12.8 Å². The summed E-state index contributed by atoms with van der Waals surface area (Å²) in [6.07, 6.45) is -4.35. The van der Waals surface area contributed by atoms with Crippen LogP contribution < -0.4 is 0 Å². The summed E-state index contributed by atoms with van der Waals surface area (Å²) in [5.41, 5.74) is -1.90. The lowest BCUT2D eigenvalue weighted by Crippen LogP contribution is -2.52. The molecule has 1 aromatic carbocycles. The van der Waals surface area contributed by atoms with Crippen LogP contribution in [0.1, 0.15) is 12.0 Å². The van der Waals surface area contributed by atoms with E-state index in [0.717, 1.165) is 4.47 Å². The van der Waals surface area contributed by atoms with Crippen molar-refractivity contribution < 1.29 is 17.9 Å². The summed E-state index contributed by atoms with van der Waals surface area (Å²) in [7, 11) is 0. The van der Waals surface area contributed by atoms with Gasteiger partial charge < -0.3 is 4.74 Å². The van der Waals surface area contributed by atoms with E-state index < -0.39 is 11.8 Å². The van der Waals surface area contributed by atoms with E-state index in [1.54, 1.807) is 12.1 Å². The van der Waals surface area contributed by atoms with Crippen molar-refractivity contribution in [2.24, 2.45) is 0 Å². The highest BCUT2D eigenvalue weighted by Gasteiger charge is 2.61. The molecular formula is C10H8BrF3O. The quantitative estimate of drug-likeness (QED) is 0.763. The van der Waals surface area contributed by atoms with Gasteiger partial charge in [-0.3, -0.25) is 0 Å². The smallest absolute Gasteiger partial charge is 0.361 e. The van der Waals surface area contributed by atoms with Crippen LogP contribution >= 0.6 is 15.9 Å². The average molecular weight is 281 g/mol. The standard InChI is InChI=1S/C10H8BrF3O/c11-8-3-1-7(2-4-8)9(5-6-15-9)10(12,13)14/h1-4H,5-6H2. The Balaban J connectivity index is 2.39. The first-order chi connectivity index (χ1) is 6.96. The Labute approximate surface area is 93.4 Å². The van der Waals surface area contributed by atoms with Crippen molar-refractivity contribution in [3.05, 3.63) is 34.3 Å². The number of ether oxygens (including phenoxy) is 1. The summed E-state index contributed by atoms with van der Waals surface area (Å²) in [5, 5.41) is 0. The molecule has 0 amide bonds. The summed E-state index contributed by atoms with van der Waals surface area (Å²) < 4.78 is 43.9. The van der Waals surface area contributed by atoms with Crippen molar-refractivity contribution in [2.75, 3.05) is 6.61 Å². The Morgan fingerprint density at radius 3 is 2.07 bits per heavy atom. The van der Waals surface area contributed by atoms with Gasteiger partial charge in [-0.15, -0.1) is 0 Å². The number of hydrogen-bond donors (Lipinski definition) is 0. The van der Waals surface area contributed by atoms with Gasteiger partial charge in [0.15, 0.2) is 5.60 Å². The third-order valence-corrected chi connectivity index (χ3v) is 3.10. The van der Waals surface area contributed by atoms with Crippen LogP contribution in [-0.2, 0) is 10.3 Å². The Morgan fingerprint density at radius 2 is 1.73 bits per heavy atom. The summed E-state index contributed by atoms with van der Waals surface area (Å²) >= 11 is 3.18. The van der Waals surface area contributed by atoms with Gasteiger partial charge in [-0.1, -0.05) is 28.1 Å². The van der Waals surface area contributed by atoms with E-state index in [0.29, 0.717) is 0 Å². The summed E-state index contributed by atoms with van der Waals surface area (Å²) in [5.74, 6) is 0. The highest BCUT2D eigenvalue weighted by Crippen LogP contribution is 2.50. The predicted molar refractivity (Wildman–Crippen MR) is 52.4 cm³/mol. The van der Waals surface area contributed by atoms with Crippen LogP contribution in [0.2, 0.25) is 0 Å². The summed E-state index contributed by atoms with van der Waals surface area (Å²) in [6, 6.07) is 6.06. The van der Waals surface area contributed by atoms with E-state index in [4.69, 9.17) is 4.74 Å². The van der Waals surface area contributed by atoms with Gasteiger partial charge in [0.1, 0.15) is 0 Å². The lowest BCUT2D eigenvalue weighted by molar-refractivity contribution is -0.333. The number of alkyl halides is 3. The first-order valence-corrected chi connectivity index (χ1v) is 5.22. The van der Waals surface area contributed by atoms with Crippen molar-refractivity contribution in [3.8, 4) is 0 Å². The van der Waals surface area contributed by atoms with Crippen molar-refractivity contribution in [3.63, 3.8) is 0 Å². The molecule has 82 valence electrons. The molecule has 1 saturated heterocycles. The molecular weight excluding hydrogens is 273 g/mol. The van der Waals surface area contributed by atoms with E-state index in [2.05, 4.69) is 15.9 Å². The zero-order valence-electron chi connectivity index (χ0n) is 7.64. The first kappa shape index (κ1) is 11.0. The van der Waals surface area contributed by atoms with E-state index >= 15 is 0 Å². The molecule has 0 aromatic heterocycles. The lowest BCUT2D eigenvalue weighted by atomic mass is 9.86. The van der Waals surface area contributed by atoms with Crippen molar-refractivity contribution in [2.45, 2.75) is 18.2 Å². The Morgan fingerprint density at radius 1 is 1.20 bits per heavy atom. The molecule has 0 N–H and O–H groups in total. The molecule has 0 aliphatic carbocycles. The van der Waals surface area contributed by atoms with Gasteiger partial charge in [-0.25, -0.2) is 0 Å². The fraction of sp³-hybridized carbons (Fsp3) is 0.400. The first-order valence-electron chi connectivity index (χ1n) is 4.42. The van der Waals surface area contributed by atoms with Gasteiger partial charge in [-0.05, 0) is 17.7 Å². The van der Waals surface area contributed by atoms with Crippen LogP contribution in [0.3, 0.4) is 0 Å². The Kier molecular flexibility index (Phi) is 2.55. The summed E-state index contributed by atoms with van der Waals surface area (Å²) in [6.45, 7) is 0.162. The van der Waals surface area contributed by atoms with E-state index in [1.807, 2.05) is 0 Å². The minimum atomic E-state index is -4.35. The highest BCUT2D eigenvalue weighted by molar-refractivity contribution is 9.10. The number of benzene rings is 1. The van der Waals surface area contributed by atoms with Crippen LogP contribution in [0.25, 0.3) is 0 Å². The maximum atomic E-state index is 12.8. The Hall–Kier alpha value is -0.550. The molecule has 1 aliphatic rings. The van der Waals surface area contributed by atoms with Crippen molar-refractivity contribution >= 4 is 15.9 Å². The molecule has 1 aliphatic heterocycles. The van der Waals surface area contributed by atoms with E-state index in [9.17, 15) is 13.2 Å². The largest absolute Gasteiger partial charge is 0.421 e. The van der Waals surface area contributed by atoms with Crippen LogP contribution in [0, 0.1) is 0 Å². The third-order valence-electron chi connectivity index (χ3n) is 2.57. The van der Waals surface area contributed by atoms with Gasteiger partial charge in [0, 0.05) is 10.9 Å². The third kappa shape index (κ3) is 1.67. The monoisotopic (exact) mass is 280 g/mol. The molecule has 1 atom stereocenters. The topological polar surface area (TPSA) is 9.23 Å². The molecule has 0 saturated carbocycles. The second-order valence-corrected chi connectivity index (χ2v) is 4.35. The van der Waals surface area contributed by atoms with Crippen LogP contribution in [0.5, 0.6) is 0 Å². The zero-order chi connectivity index (χ0) is 11.1. The Bertz CT molecular complexity index is 354. The normalized spacial score (nSPS) is 26.1. The molecule has 1 fully saturated rings. The fourth-order valence-electron chi connectivity index (χ4n) is 1.64. The SMILES string of the molecule is FC(F)(F)C1(c2ccc(Br)cc2)CCO1. The second kappa shape index (κ2) is 3.49. The van der Waals surface area contributed by atoms with Gasteiger partial charge in [0.2, 0.25) is 0 Å². The number of halogens is 4. The van der Waals surface area contributed by atoms with Gasteiger partial charge in [0.05, 0.1) is 6.61 Å². The van der Waals surface area contributed by atoms with E-state index in [1.165, 1.54) is 12.1 Å². The molecule has 0 radical (unpaired) electrons. The maximum absolute atomic E-state index is 12.8. The van der Waals surface area contributed by atoms with Crippen molar-refractivity contribution in [1.82, 2.24) is 0 Å². The van der Waals surface area contributed by atoms with Crippen LogP contribution in [0.15, 0.2) is 28.7 Å². The average Bonchev–Trinajstić information content (AvgIpc) is 2.03. The fourth-order valence-corrected chi connectivity index (χ4v) is 1.90. The molecule has 15 heavy (non-hydrogen) atoms. The molecule has 2 rings (SSSR count). The van der Waals surface area contributed by atoms with Crippen LogP contribution in [0.4, 0.5) is 13.2 Å². The summed E-state index contributed by atoms with van der Waals surface area (Å²) in [4.78, 5) is 0. The maximum Gasteiger partial charge on any atom is 0.421 e. The highest BCUT2D eigenvalue weighted by atomic mass is 79.9. The lowest BCUT2D eigenvalue weighted by Gasteiger charge is -2.43.